The summed E-state index contributed by atoms with van der Waals surface area (Å²) in [5.41, 5.74) is 1.46. The van der Waals surface area contributed by atoms with E-state index in [1.807, 2.05) is 13.8 Å². The van der Waals surface area contributed by atoms with Crippen molar-refractivity contribution in [1.29, 1.82) is 0 Å². The molecule has 0 amide bonds. The first-order valence-electron chi connectivity index (χ1n) is 3.62. The van der Waals surface area contributed by atoms with E-state index in [4.69, 9.17) is 4.74 Å². The number of esters is 1. The third-order valence-corrected chi connectivity index (χ3v) is 1.64. The van der Waals surface area contributed by atoms with Gasteiger partial charge in [0.2, 0.25) is 0 Å². The van der Waals surface area contributed by atoms with Gasteiger partial charge >= 0.3 is 5.97 Å². The van der Waals surface area contributed by atoms with Crippen molar-refractivity contribution in [2.75, 3.05) is 0 Å². The number of hydrogen-bond acceptors (Lipinski definition) is 3. The monoisotopic (exact) mass is 153 g/mol. The van der Waals surface area contributed by atoms with Gasteiger partial charge in [-0.25, -0.2) is 9.79 Å². The summed E-state index contributed by atoms with van der Waals surface area (Å²) in [7, 11) is 0. The maximum absolute atomic E-state index is 11.0. The van der Waals surface area contributed by atoms with E-state index in [1.54, 1.807) is 6.92 Å². The standard InChI is InChI=1S/C8H11NO2/c1-4-5(2)7-8(10)11-6(3)9-7/h4H2,1-3H3/b7-5+. The molecule has 3 heteroatoms. The van der Waals surface area contributed by atoms with Crippen LogP contribution in [-0.2, 0) is 9.53 Å². The Hall–Kier alpha value is -1.12. The molecule has 11 heavy (non-hydrogen) atoms. The molecule has 1 rings (SSSR count). The van der Waals surface area contributed by atoms with Crippen molar-refractivity contribution in [2.24, 2.45) is 4.99 Å². The zero-order chi connectivity index (χ0) is 8.43. The summed E-state index contributed by atoms with van der Waals surface area (Å²) in [5.74, 6) is 0.125. The molecule has 1 aliphatic rings. The average molecular weight is 153 g/mol. The van der Waals surface area contributed by atoms with Crippen LogP contribution in [0.5, 0.6) is 0 Å². The van der Waals surface area contributed by atoms with Crippen molar-refractivity contribution in [3.05, 3.63) is 11.3 Å². The normalized spacial score (nSPS) is 21.4. The van der Waals surface area contributed by atoms with Crippen molar-refractivity contribution in [2.45, 2.75) is 27.2 Å². The largest absolute Gasteiger partial charge is 0.407 e. The fraction of sp³-hybridized carbons (Fsp3) is 0.500. The number of rotatable bonds is 1. The molecule has 0 radical (unpaired) electrons. The van der Waals surface area contributed by atoms with Gasteiger partial charge in [-0.3, -0.25) is 0 Å². The lowest BCUT2D eigenvalue weighted by Crippen LogP contribution is -2.01. The number of nitrogens with zero attached hydrogens (tertiary/aromatic N) is 1. The zero-order valence-corrected chi connectivity index (χ0v) is 6.97. The van der Waals surface area contributed by atoms with Crippen LogP contribution in [0.4, 0.5) is 0 Å². The summed E-state index contributed by atoms with van der Waals surface area (Å²) in [6, 6.07) is 0. The number of carbonyl (C=O) groups excluding carboxylic acids is 1. The third kappa shape index (κ3) is 1.48. The fourth-order valence-corrected chi connectivity index (χ4v) is 0.846. The average Bonchev–Trinajstić information content (AvgIpc) is 2.28. The number of cyclic esters (lactones) is 1. The zero-order valence-electron chi connectivity index (χ0n) is 6.97. The van der Waals surface area contributed by atoms with E-state index < -0.39 is 0 Å². The molecule has 3 nitrogen and oxygen atoms in total. The van der Waals surface area contributed by atoms with Crippen LogP contribution >= 0.6 is 0 Å². The number of allylic oxidation sites excluding steroid dienone is 1. The Morgan fingerprint density at radius 2 is 2.27 bits per heavy atom. The molecule has 0 unspecified atom stereocenters. The highest BCUT2D eigenvalue weighted by atomic mass is 16.6. The lowest BCUT2D eigenvalue weighted by atomic mass is 10.2. The predicted octanol–water partition coefficient (Wildman–Crippen LogP) is 1.65. The summed E-state index contributed by atoms with van der Waals surface area (Å²) in [5, 5.41) is 0. The summed E-state index contributed by atoms with van der Waals surface area (Å²) < 4.78 is 4.75. The SMILES string of the molecule is CC/C(C)=C1/N=C(C)OC1=O. The highest BCUT2D eigenvalue weighted by molar-refractivity contribution is 6.04. The third-order valence-electron chi connectivity index (χ3n) is 1.64. The lowest BCUT2D eigenvalue weighted by Gasteiger charge is -1.94. The van der Waals surface area contributed by atoms with E-state index in [0.29, 0.717) is 11.6 Å². The molecular formula is C8H11NO2. The molecule has 0 bridgehead atoms. The molecule has 0 saturated heterocycles. The van der Waals surface area contributed by atoms with Crippen molar-refractivity contribution < 1.29 is 9.53 Å². The summed E-state index contributed by atoms with van der Waals surface area (Å²) in [6.45, 7) is 5.55. The van der Waals surface area contributed by atoms with E-state index in [9.17, 15) is 4.79 Å². The minimum Gasteiger partial charge on any atom is -0.407 e. The molecule has 0 N–H and O–H groups in total. The Balaban J connectivity index is 2.97. The van der Waals surface area contributed by atoms with Gasteiger partial charge < -0.3 is 4.74 Å². The number of hydrogen-bond donors (Lipinski definition) is 0. The van der Waals surface area contributed by atoms with Crippen LogP contribution in [0.2, 0.25) is 0 Å². The topological polar surface area (TPSA) is 38.7 Å². The van der Waals surface area contributed by atoms with Crippen LogP contribution < -0.4 is 0 Å². The highest BCUT2D eigenvalue weighted by Gasteiger charge is 2.21. The second-order valence-electron chi connectivity index (χ2n) is 2.50. The Labute approximate surface area is 65.8 Å². The van der Waals surface area contributed by atoms with E-state index in [-0.39, 0.29) is 5.97 Å². The Morgan fingerprint density at radius 3 is 2.64 bits per heavy atom. The van der Waals surface area contributed by atoms with E-state index >= 15 is 0 Å². The highest BCUT2D eigenvalue weighted by Crippen LogP contribution is 2.16. The van der Waals surface area contributed by atoms with Crippen molar-refractivity contribution in [3.63, 3.8) is 0 Å². The maximum Gasteiger partial charge on any atom is 0.363 e. The van der Waals surface area contributed by atoms with Gasteiger partial charge in [-0.15, -0.1) is 0 Å². The van der Waals surface area contributed by atoms with Crippen LogP contribution in [0.25, 0.3) is 0 Å². The molecule has 1 aliphatic heterocycles. The van der Waals surface area contributed by atoms with Gasteiger partial charge in [0.1, 0.15) is 0 Å². The molecule has 1 heterocycles. The molecule has 60 valence electrons. The van der Waals surface area contributed by atoms with E-state index in [0.717, 1.165) is 12.0 Å². The summed E-state index contributed by atoms with van der Waals surface area (Å²) in [4.78, 5) is 15.0. The van der Waals surface area contributed by atoms with Gasteiger partial charge in [0.15, 0.2) is 11.6 Å². The summed E-state index contributed by atoms with van der Waals surface area (Å²) in [6.07, 6.45) is 0.835. The van der Waals surface area contributed by atoms with Gasteiger partial charge in [-0.05, 0) is 18.9 Å². The second-order valence-corrected chi connectivity index (χ2v) is 2.50. The number of carbonyl (C=O) groups is 1. The van der Waals surface area contributed by atoms with Gasteiger partial charge in [0.25, 0.3) is 0 Å². The van der Waals surface area contributed by atoms with Crippen molar-refractivity contribution in [3.8, 4) is 0 Å². The predicted molar refractivity (Wildman–Crippen MR) is 42.2 cm³/mol. The number of ether oxygens (including phenoxy) is 1. The van der Waals surface area contributed by atoms with Crippen LogP contribution in [0, 0.1) is 0 Å². The maximum atomic E-state index is 11.0. The van der Waals surface area contributed by atoms with Crippen LogP contribution in [-0.4, -0.2) is 11.9 Å². The molecule has 0 aromatic carbocycles. The first-order valence-corrected chi connectivity index (χ1v) is 3.62. The Kier molecular flexibility index (Phi) is 2.08. The van der Waals surface area contributed by atoms with Gasteiger partial charge in [-0.1, -0.05) is 6.92 Å². The van der Waals surface area contributed by atoms with E-state index in [2.05, 4.69) is 4.99 Å². The van der Waals surface area contributed by atoms with Crippen LogP contribution in [0.3, 0.4) is 0 Å². The van der Waals surface area contributed by atoms with Crippen LogP contribution in [0.1, 0.15) is 27.2 Å². The molecule has 0 aromatic rings. The quantitative estimate of drug-likeness (QED) is 0.424. The second kappa shape index (κ2) is 2.86. The first kappa shape index (κ1) is 7.98. The minimum absolute atomic E-state index is 0.318. The molecule has 0 aliphatic carbocycles. The minimum atomic E-state index is -0.318. The van der Waals surface area contributed by atoms with Gasteiger partial charge in [0.05, 0.1) is 0 Å². The van der Waals surface area contributed by atoms with Gasteiger partial charge in [0, 0.05) is 6.92 Å². The Bertz CT molecular complexity index is 251. The van der Waals surface area contributed by atoms with Gasteiger partial charge in [-0.2, -0.15) is 0 Å². The molecule has 0 fully saturated rings. The lowest BCUT2D eigenvalue weighted by molar-refractivity contribution is -0.130. The van der Waals surface area contributed by atoms with Crippen LogP contribution in [0.15, 0.2) is 16.3 Å². The molecular weight excluding hydrogens is 142 g/mol. The molecule has 0 spiro atoms. The Morgan fingerprint density at radius 1 is 1.64 bits per heavy atom. The van der Waals surface area contributed by atoms with E-state index in [1.165, 1.54) is 0 Å². The smallest absolute Gasteiger partial charge is 0.363 e. The fourth-order valence-electron chi connectivity index (χ4n) is 0.846. The van der Waals surface area contributed by atoms with Crippen molar-refractivity contribution in [1.82, 2.24) is 0 Å². The molecule has 0 aromatic heterocycles. The summed E-state index contributed by atoms with van der Waals surface area (Å²) >= 11 is 0. The number of aliphatic imine (C=N–C) groups is 1. The molecule has 0 saturated carbocycles. The molecule has 0 atom stereocenters. The first-order chi connectivity index (χ1) is 5.15. The van der Waals surface area contributed by atoms with Crippen molar-refractivity contribution >= 4 is 11.9 Å².